The molecule has 0 unspecified atom stereocenters. The van der Waals surface area contributed by atoms with Crippen LogP contribution in [-0.2, 0) is 50.1 Å². The molecule has 0 bridgehead atoms. The SMILES string of the molecule is CCS(=O)(=O)N1CCC(Nc2cc(-c3cc(C#N)cc(C(F)F)c3)cc3ccncc23)CC1.CS(=O)(=O)N1CCC(Nc2cc(-c3cccc(F)n3)cc3ccncc23)CC1.Cc1cccc(-c2cc(NC3CCN(S(C)(=O)=O)CC3)c3cnccc3c2)n1.Cc1cncc(-c2cc(NC3CCN(S(C)(=O)=O)CC3)c3cnccc3c2)c1F.Cc1ncc(-c2cc(NC3CCN(S(C)(=O)=O)CC3)c3cnccc3c2)cc1F. The second-order valence-corrected chi connectivity index (χ2v) is 47.7. The van der Waals surface area contributed by atoms with Gasteiger partial charge in [0, 0.05) is 271 Å². The summed E-state index contributed by atoms with van der Waals surface area (Å²) in [6, 6.07) is 48.6. The third-order valence-electron chi connectivity index (χ3n) is 27.1. The number of fused-ring (bicyclic) bond motifs is 5. The maximum Gasteiger partial charge on any atom is 0.263 e. The molecule has 5 aliphatic rings. The zero-order valence-electron chi connectivity index (χ0n) is 82.5. The number of sulfonamides is 5. The number of halogens is 5. The van der Waals surface area contributed by atoms with Crippen molar-refractivity contribution in [3.63, 3.8) is 0 Å². The van der Waals surface area contributed by atoms with Gasteiger partial charge in [0.2, 0.25) is 56.1 Å². The highest BCUT2D eigenvalue weighted by molar-refractivity contribution is 7.89. The zero-order chi connectivity index (χ0) is 104. The van der Waals surface area contributed by atoms with E-state index >= 15 is 0 Å². The standard InChI is InChI=1S/C24H24F2N4O2S.2C21H23FN4O2S.C21H24N4O2S.C20H21FN4O2S/c1-2-33(31,32)30-7-4-21(5-8-30)29-23-13-19(11-17-3-6-28-15-22(17)23)18-9-16(14-27)10-20(12-18)24(25)26;1-14-20(22)10-17(12-24-14)16-9-15-3-6-23-13-19(15)21(11-16)25-18-4-7-26(8-5-18)29(2,27)28;1-14-11-24-13-19(21(14)22)16-9-15-3-6-23-12-18(15)20(10-16)25-17-4-7-26(8-5-17)29(2,27)28;1-15-4-3-5-20(23-15)17-12-16-6-9-22-14-19(16)21(13-17)24-18-7-10-25(11-8-18)28(2,26)27;1-28(26,27)25-9-6-16(7-10-25)23-19-12-15(18-3-2-4-20(21)24-18)11-14-5-8-22-13-17(14)19/h3,6,9-13,15,21,24,29H,2,4-5,7-8H2,1H3;3,6,9-13,18,25H,4-5,7-8H2,1-2H3;3,6,9-13,17,25H,4-5,7-8H2,1-2H3;3-6,9,12-14,18,24H,7-8,10-11H2,1-2H3;2-5,8,11-13,16,23H,6-7,9-10H2,1H3. The van der Waals surface area contributed by atoms with Crippen LogP contribution in [0.25, 0.3) is 110 Å². The summed E-state index contributed by atoms with van der Waals surface area (Å²) >= 11 is 0. The molecule has 6 aromatic carbocycles. The highest BCUT2D eigenvalue weighted by Crippen LogP contribution is 2.41. The molecule has 5 saturated heterocycles. The van der Waals surface area contributed by atoms with Gasteiger partial charge < -0.3 is 26.6 Å². The van der Waals surface area contributed by atoms with E-state index < -0.39 is 62.5 Å². The smallest absolute Gasteiger partial charge is 0.263 e. The fraction of sp³-hybridized carbons (Fsp3) is 0.327. The number of benzene rings is 6. The number of alkyl halides is 2. The second-order valence-electron chi connectivity index (χ2n) is 37.5. The van der Waals surface area contributed by atoms with Gasteiger partial charge >= 0.3 is 0 Å². The van der Waals surface area contributed by atoms with Crippen molar-refractivity contribution in [1.29, 1.82) is 5.26 Å². The van der Waals surface area contributed by atoms with Crippen LogP contribution in [0.2, 0.25) is 0 Å². The lowest BCUT2D eigenvalue weighted by atomic mass is 9.96. The molecule has 14 heterocycles. The van der Waals surface area contributed by atoms with Gasteiger partial charge in [-0.15, -0.1) is 0 Å². The van der Waals surface area contributed by atoms with E-state index in [1.807, 2.05) is 116 Å². The van der Waals surface area contributed by atoms with Gasteiger partial charge in [0.1, 0.15) is 11.6 Å². The predicted molar refractivity (Wildman–Crippen MR) is 571 cm³/mol. The number of aromatic nitrogens is 9. The molecule has 0 amide bonds. The van der Waals surface area contributed by atoms with E-state index in [4.69, 9.17) is 0 Å². The van der Waals surface area contributed by atoms with Crippen LogP contribution in [0.3, 0.4) is 0 Å². The van der Waals surface area contributed by atoms with Gasteiger partial charge in [-0.25, -0.2) is 86.2 Å². The predicted octanol–water partition coefficient (Wildman–Crippen LogP) is 18.8. The number of pyridine rings is 9. The van der Waals surface area contributed by atoms with E-state index in [1.165, 1.54) is 72.7 Å². The number of anilines is 5. The Morgan fingerprint density at radius 1 is 0.367 bits per heavy atom. The number of rotatable bonds is 22. The maximum atomic E-state index is 14.7. The third kappa shape index (κ3) is 27.0. The van der Waals surface area contributed by atoms with Crippen molar-refractivity contribution in [3.05, 3.63) is 278 Å². The van der Waals surface area contributed by atoms with E-state index in [-0.39, 0.29) is 58.7 Å². The minimum absolute atomic E-state index is 0.0639. The van der Waals surface area contributed by atoms with E-state index in [1.54, 1.807) is 111 Å². The van der Waals surface area contributed by atoms with Crippen LogP contribution in [-0.4, -0.2) is 235 Å². The molecule has 768 valence electrons. The summed E-state index contributed by atoms with van der Waals surface area (Å²) < 4.78 is 195. The molecule has 5 fully saturated rings. The lowest BCUT2D eigenvalue weighted by Crippen LogP contribution is -2.42. The van der Waals surface area contributed by atoms with Gasteiger partial charge in [-0.3, -0.25) is 39.9 Å². The van der Waals surface area contributed by atoms with Crippen molar-refractivity contribution in [3.8, 4) is 62.0 Å². The summed E-state index contributed by atoms with van der Waals surface area (Å²) in [5.74, 6) is -1.04. The average molecular weight is 2100 g/mol. The van der Waals surface area contributed by atoms with Crippen molar-refractivity contribution >= 4 is 132 Å². The number of aryl methyl sites for hydroxylation is 3. The number of nitrogens with zero attached hydrogens (tertiary/aromatic N) is 15. The molecular weight excluding hydrogens is 1980 g/mol. The molecule has 0 atom stereocenters. The lowest BCUT2D eigenvalue weighted by Gasteiger charge is -2.32. The highest BCUT2D eigenvalue weighted by Gasteiger charge is 2.33. The molecule has 0 spiro atoms. The summed E-state index contributed by atoms with van der Waals surface area (Å²) in [6.07, 6.45) is 31.9. The topological polar surface area (TPSA) is 387 Å². The molecule has 20 rings (SSSR count). The van der Waals surface area contributed by atoms with Gasteiger partial charge in [0.15, 0.2) is 0 Å². The number of nitriles is 1. The molecule has 9 aromatic heterocycles. The first-order valence-corrected chi connectivity index (χ1v) is 57.4. The second kappa shape index (κ2) is 46.4. The fourth-order valence-corrected chi connectivity index (χ4v) is 23.6. The van der Waals surface area contributed by atoms with Crippen LogP contribution in [0.5, 0.6) is 0 Å². The normalized spacial score (nSPS) is 16.1. The van der Waals surface area contributed by atoms with Crippen LogP contribution in [0.1, 0.15) is 106 Å². The monoisotopic (exact) mass is 2090 g/mol. The van der Waals surface area contributed by atoms with Gasteiger partial charge in [-0.05, 0) is 281 Å². The molecular formula is C107H115F5N20O10S5. The molecule has 0 aliphatic carbocycles. The van der Waals surface area contributed by atoms with E-state index in [0.29, 0.717) is 130 Å². The van der Waals surface area contributed by atoms with Crippen LogP contribution in [0.4, 0.5) is 50.4 Å². The van der Waals surface area contributed by atoms with Crippen LogP contribution in [0, 0.1) is 49.7 Å². The first-order chi connectivity index (χ1) is 70.2. The Bertz CT molecular complexity index is 7830. The number of hydrogen-bond acceptors (Lipinski definition) is 25. The van der Waals surface area contributed by atoms with E-state index in [0.717, 1.165) is 154 Å². The molecule has 40 heteroatoms. The maximum absolute atomic E-state index is 14.7. The number of hydrogen-bond donors (Lipinski definition) is 5. The van der Waals surface area contributed by atoms with Crippen molar-refractivity contribution in [2.45, 2.75) is 129 Å². The largest absolute Gasteiger partial charge is 0.382 e. The molecule has 5 aliphatic heterocycles. The molecule has 0 radical (unpaired) electrons. The van der Waals surface area contributed by atoms with Crippen LogP contribution in [0.15, 0.2) is 232 Å². The van der Waals surface area contributed by atoms with Crippen LogP contribution < -0.4 is 26.6 Å². The van der Waals surface area contributed by atoms with Gasteiger partial charge in [-0.1, -0.05) is 12.1 Å². The summed E-state index contributed by atoms with van der Waals surface area (Å²) in [6.45, 7) is 11.9. The minimum Gasteiger partial charge on any atom is -0.382 e. The number of nitrogens with one attached hydrogen (secondary N) is 5. The summed E-state index contributed by atoms with van der Waals surface area (Å²) in [5.41, 5.74) is 13.7. The Labute approximate surface area is 853 Å². The Morgan fingerprint density at radius 3 is 1.05 bits per heavy atom. The zero-order valence-corrected chi connectivity index (χ0v) is 86.6. The third-order valence-corrected chi connectivity index (χ3v) is 34.2. The lowest BCUT2D eigenvalue weighted by molar-refractivity contribution is 0.151. The first kappa shape index (κ1) is 106. The van der Waals surface area contributed by atoms with E-state index in [2.05, 4.69) is 83.6 Å². The minimum atomic E-state index is -3.20. The van der Waals surface area contributed by atoms with Crippen molar-refractivity contribution in [2.24, 2.45) is 0 Å². The Morgan fingerprint density at radius 2 is 0.701 bits per heavy atom. The molecule has 15 aromatic rings. The molecule has 5 N–H and O–H groups in total. The van der Waals surface area contributed by atoms with Gasteiger partial charge in [0.05, 0.1) is 59.5 Å². The summed E-state index contributed by atoms with van der Waals surface area (Å²) in [4.78, 5) is 38.1. The molecule has 0 saturated carbocycles. The van der Waals surface area contributed by atoms with E-state index in [9.17, 15) is 69.3 Å². The fourth-order valence-electron chi connectivity index (χ4n) is 19.0. The first-order valence-electron chi connectivity index (χ1n) is 48.4. The quantitative estimate of drug-likeness (QED) is 0.0311. The van der Waals surface area contributed by atoms with Crippen molar-refractivity contribution in [2.75, 3.05) is 123 Å². The summed E-state index contributed by atoms with van der Waals surface area (Å²) in [7, 11) is -15.8. The van der Waals surface area contributed by atoms with Crippen molar-refractivity contribution in [1.82, 2.24) is 66.4 Å². The van der Waals surface area contributed by atoms with Gasteiger partial charge in [-0.2, -0.15) is 9.65 Å². The Hall–Kier alpha value is -13.3. The molecule has 147 heavy (non-hydrogen) atoms. The Kier molecular flexibility index (Phi) is 33.6. The van der Waals surface area contributed by atoms with Crippen molar-refractivity contribution < 1.29 is 64.0 Å². The average Bonchev–Trinajstić information content (AvgIpc) is 0.778. The molecule has 30 nitrogen and oxygen atoms in total. The van der Waals surface area contributed by atoms with Crippen LogP contribution >= 0.6 is 0 Å². The number of piperidine rings is 5. The van der Waals surface area contributed by atoms with Gasteiger partial charge in [0.25, 0.3) is 6.43 Å². The summed E-state index contributed by atoms with van der Waals surface area (Å²) in [5, 5.41) is 36.8. The highest BCUT2D eigenvalue weighted by atomic mass is 32.2. The Balaban J connectivity index is 0.000000131.